The van der Waals surface area contributed by atoms with Crippen molar-refractivity contribution in [1.29, 1.82) is 0 Å². The van der Waals surface area contributed by atoms with E-state index in [9.17, 15) is 9.90 Å². The molecular weight excluding hydrogens is 360 g/mol. The van der Waals surface area contributed by atoms with E-state index in [1.807, 2.05) is 17.0 Å². The number of hydrogen-bond donors (Lipinski definition) is 1. The lowest BCUT2D eigenvalue weighted by Gasteiger charge is -2.30. The smallest absolute Gasteiger partial charge is 0.258 e. The molecule has 0 saturated carbocycles. The van der Waals surface area contributed by atoms with Crippen molar-refractivity contribution < 1.29 is 9.90 Å². The molecule has 2 aromatic rings. The van der Waals surface area contributed by atoms with Crippen molar-refractivity contribution in [3.63, 3.8) is 0 Å². The Morgan fingerprint density at radius 3 is 2.52 bits per heavy atom. The molecule has 29 heavy (non-hydrogen) atoms. The minimum absolute atomic E-state index is 0.0652. The van der Waals surface area contributed by atoms with Crippen LogP contribution < -0.4 is 0 Å². The standard InChI is InChI=1S/C25H32N2O2/c1-17(2)20-6-7-24(28)23(13-20)25(29)27-15-21-5-4-19(12-22(21)16-27)14-26-10-8-18(3)9-11-26/h4-7,12-13,17-18,28H,8-11,14-16H2,1-3H3. The third-order valence-electron chi connectivity index (χ3n) is 6.48. The lowest BCUT2D eigenvalue weighted by atomic mass is 9.98. The third kappa shape index (κ3) is 4.32. The van der Waals surface area contributed by atoms with E-state index in [0.29, 0.717) is 24.6 Å². The molecule has 2 aliphatic heterocycles. The fourth-order valence-electron chi connectivity index (χ4n) is 4.42. The van der Waals surface area contributed by atoms with Crippen LogP contribution >= 0.6 is 0 Å². The second kappa shape index (κ2) is 8.19. The fraction of sp³-hybridized carbons (Fsp3) is 0.480. The molecular formula is C25H32N2O2. The van der Waals surface area contributed by atoms with Crippen molar-refractivity contribution in [3.05, 3.63) is 64.2 Å². The van der Waals surface area contributed by atoms with Crippen LogP contribution in [-0.4, -0.2) is 33.9 Å². The van der Waals surface area contributed by atoms with E-state index >= 15 is 0 Å². The summed E-state index contributed by atoms with van der Waals surface area (Å²) in [5, 5.41) is 10.3. The van der Waals surface area contributed by atoms with E-state index in [-0.39, 0.29) is 11.7 Å². The third-order valence-corrected chi connectivity index (χ3v) is 6.48. The van der Waals surface area contributed by atoms with Crippen molar-refractivity contribution in [3.8, 4) is 5.75 Å². The molecule has 1 N–H and O–H groups in total. The molecule has 154 valence electrons. The molecule has 0 unspecified atom stereocenters. The van der Waals surface area contributed by atoms with Gasteiger partial charge in [-0.1, -0.05) is 45.0 Å². The van der Waals surface area contributed by atoms with Crippen LogP contribution in [0.15, 0.2) is 36.4 Å². The van der Waals surface area contributed by atoms with Gasteiger partial charge in [-0.05, 0) is 72.2 Å². The fourth-order valence-corrected chi connectivity index (χ4v) is 4.42. The lowest BCUT2D eigenvalue weighted by Crippen LogP contribution is -2.32. The van der Waals surface area contributed by atoms with Crippen LogP contribution in [-0.2, 0) is 19.6 Å². The van der Waals surface area contributed by atoms with Gasteiger partial charge in [0, 0.05) is 19.6 Å². The molecule has 4 rings (SSSR count). The number of aromatic hydroxyl groups is 1. The summed E-state index contributed by atoms with van der Waals surface area (Å²) >= 11 is 0. The first-order chi connectivity index (χ1) is 13.9. The van der Waals surface area contributed by atoms with Gasteiger partial charge in [-0.25, -0.2) is 0 Å². The summed E-state index contributed by atoms with van der Waals surface area (Å²) in [6.07, 6.45) is 2.57. The van der Waals surface area contributed by atoms with Gasteiger partial charge in [0.05, 0.1) is 5.56 Å². The first-order valence-electron chi connectivity index (χ1n) is 10.9. The summed E-state index contributed by atoms with van der Waals surface area (Å²) < 4.78 is 0. The first kappa shape index (κ1) is 20.0. The number of nitrogens with zero attached hydrogens (tertiary/aromatic N) is 2. The Balaban J connectivity index is 1.46. The Labute approximate surface area is 174 Å². The Morgan fingerprint density at radius 2 is 1.79 bits per heavy atom. The number of phenolic OH excluding ortho intramolecular Hbond substituents is 1. The molecule has 1 fully saturated rings. The van der Waals surface area contributed by atoms with E-state index in [4.69, 9.17) is 0 Å². The van der Waals surface area contributed by atoms with E-state index in [1.54, 1.807) is 6.07 Å². The zero-order chi connectivity index (χ0) is 20.5. The van der Waals surface area contributed by atoms with Crippen molar-refractivity contribution in [2.75, 3.05) is 13.1 Å². The first-order valence-corrected chi connectivity index (χ1v) is 10.9. The lowest BCUT2D eigenvalue weighted by molar-refractivity contribution is 0.0748. The predicted molar refractivity (Wildman–Crippen MR) is 116 cm³/mol. The highest BCUT2D eigenvalue weighted by molar-refractivity contribution is 5.97. The van der Waals surface area contributed by atoms with Gasteiger partial charge in [-0.2, -0.15) is 0 Å². The number of carbonyl (C=O) groups excluding carboxylic acids is 1. The van der Waals surface area contributed by atoms with Gasteiger partial charge in [-0.15, -0.1) is 0 Å². The number of rotatable bonds is 4. The topological polar surface area (TPSA) is 43.8 Å². The summed E-state index contributed by atoms with van der Waals surface area (Å²) in [5.74, 6) is 1.14. The number of carbonyl (C=O) groups is 1. The summed E-state index contributed by atoms with van der Waals surface area (Å²) in [6.45, 7) is 11.1. The zero-order valence-corrected chi connectivity index (χ0v) is 17.8. The van der Waals surface area contributed by atoms with Crippen LogP contribution in [0.1, 0.15) is 72.1 Å². The highest BCUT2D eigenvalue weighted by atomic mass is 16.3. The van der Waals surface area contributed by atoms with Crippen LogP contribution in [0.4, 0.5) is 0 Å². The SMILES string of the molecule is CC1CCN(Cc2ccc3c(c2)CN(C(=O)c2cc(C(C)C)ccc2O)C3)CC1. The second-order valence-electron chi connectivity index (χ2n) is 9.15. The summed E-state index contributed by atoms with van der Waals surface area (Å²) in [5.41, 5.74) is 5.26. The number of amides is 1. The minimum Gasteiger partial charge on any atom is -0.507 e. The van der Waals surface area contributed by atoms with Gasteiger partial charge in [0.2, 0.25) is 0 Å². The summed E-state index contributed by atoms with van der Waals surface area (Å²) in [7, 11) is 0. The van der Waals surface area contributed by atoms with E-state index < -0.39 is 0 Å². The number of hydrogen-bond acceptors (Lipinski definition) is 3. The predicted octanol–water partition coefficient (Wildman–Crippen LogP) is 4.90. The molecule has 2 aliphatic rings. The summed E-state index contributed by atoms with van der Waals surface area (Å²) in [6, 6.07) is 12.0. The van der Waals surface area contributed by atoms with Gasteiger partial charge >= 0.3 is 0 Å². The van der Waals surface area contributed by atoms with Crippen LogP contribution in [0, 0.1) is 5.92 Å². The van der Waals surface area contributed by atoms with Crippen molar-refractivity contribution in [2.24, 2.45) is 5.92 Å². The maximum absolute atomic E-state index is 13.1. The molecule has 0 atom stereocenters. The highest BCUT2D eigenvalue weighted by Gasteiger charge is 2.27. The number of fused-ring (bicyclic) bond motifs is 1. The molecule has 2 heterocycles. The maximum atomic E-state index is 13.1. The largest absolute Gasteiger partial charge is 0.507 e. The molecule has 0 radical (unpaired) electrons. The normalized spacial score (nSPS) is 17.7. The highest BCUT2D eigenvalue weighted by Crippen LogP contribution is 2.30. The van der Waals surface area contributed by atoms with Crippen LogP contribution in [0.5, 0.6) is 5.75 Å². The molecule has 0 aromatic heterocycles. The van der Waals surface area contributed by atoms with Crippen molar-refractivity contribution in [1.82, 2.24) is 9.80 Å². The van der Waals surface area contributed by atoms with E-state index in [2.05, 4.69) is 43.9 Å². The quantitative estimate of drug-likeness (QED) is 0.804. The van der Waals surface area contributed by atoms with E-state index in [1.165, 1.54) is 42.6 Å². The van der Waals surface area contributed by atoms with Gasteiger partial charge in [-0.3, -0.25) is 9.69 Å². The Kier molecular flexibility index (Phi) is 5.64. The Hall–Kier alpha value is -2.33. The van der Waals surface area contributed by atoms with Crippen LogP contribution in [0.25, 0.3) is 0 Å². The Bertz CT molecular complexity index is 898. The molecule has 1 saturated heterocycles. The maximum Gasteiger partial charge on any atom is 0.258 e. The number of likely N-dealkylation sites (tertiary alicyclic amines) is 1. The molecule has 0 spiro atoms. The van der Waals surface area contributed by atoms with Gasteiger partial charge in [0.25, 0.3) is 5.91 Å². The van der Waals surface area contributed by atoms with Gasteiger partial charge in [0.1, 0.15) is 5.75 Å². The van der Waals surface area contributed by atoms with Crippen LogP contribution in [0.3, 0.4) is 0 Å². The van der Waals surface area contributed by atoms with Crippen molar-refractivity contribution >= 4 is 5.91 Å². The van der Waals surface area contributed by atoms with Gasteiger partial charge < -0.3 is 10.0 Å². The average Bonchev–Trinajstić information content (AvgIpc) is 3.13. The van der Waals surface area contributed by atoms with Crippen molar-refractivity contribution in [2.45, 2.75) is 59.2 Å². The molecule has 4 nitrogen and oxygen atoms in total. The molecule has 4 heteroatoms. The molecule has 1 amide bonds. The van der Waals surface area contributed by atoms with Crippen LogP contribution in [0.2, 0.25) is 0 Å². The monoisotopic (exact) mass is 392 g/mol. The molecule has 2 aromatic carbocycles. The summed E-state index contributed by atoms with van der Waals surface area (Å²) in [4.78, 5) is 17.5. The van der Waals surface area contributed by atoms with E-state index in [0.717, 1.165) is 18.0 Å². The average molecular weight is 393 g/mol. The zero-order valence-electron chi connectivity index (χ0n) is 17.8. The molecule has 0 aliphatic carbocycles. The van der Waals surface area contributed by atoms with Gasteiger partial charge in [0.15, 0.2) is 0 Å². The second-order valence-corrected chi connectivity index (χ2v) is 9.15. The minimum atomic E-state index is -0.0900. The Morgan fingerprint density at radius 1 is 1.07 bits per heavy atom. The number of piperidine rings is 1. The molecule has 0 bridgehead atoms. The number of benzene rings is 2. The number of phenols is 1.